The van der Waals surface area contributed by atoms with E-state index >= 15 is 0 Å². The van der Waals surface area contributed by atoms with Crippen molar-refractivity contribution in [2.24, 2.45) is 10.3 Å². The van der Waals surface area contributed by atoms with Crippen LogP contribution in [0.5, 0.6) is 0 Å². The van der Waals surface area contributed by atoms with Crippen molar-refractivity contribution in [2.75, 3.05) is 0 Å². The Morgan fingerprint density at radius 3 is 3.00 bits per heavy atom. The first kappa shape index (κ1) is 3.89. The highest BCUT2D eigenvalue weighted by Crippen LogP contribution is 1.82. The Balaban J connectivity index is 3.00. The van der Waals surface area contributed by atoms with Crippen molar-refractivity contribution >= 4 is 12.2 Å². The van der Waals surface area contributed by atoms with Gasteiger partial charge in [-0.1, -0.05) is 0 Å². The van der Waals surface area contributed by atoms with Crippen molar-refractivity contribution in [3.63, 3.8) is 0 Å². The molecule has 0 aromatic rings. The fraction of sp³-hybridized carbons (Fsp3) is 0. The fourth-order valence-electron chi connectivity index (χ4n) is 0.251. The Morgan fingerprint density at radius 2 is 2.71 bits per heavy atom. The molecule has 0 fully saturated rings. The van der Waals surface area contributed by atoms with Crippen molar-refractivity contribution in [2.45, 2.75) is 0 Å². The van der Waals surface area contributed by atoms with Crippen LogP contribution < -0.4 is 5.10 Å². The number of hydrogen-bond donors (Lipinski definition) is 1. The van der Waals surface area contributed by atoms with E-state index in [0.29, 0.717) is 0 Å². The minimum Gasteiger partial charge on any atom is -0.228 e. The minimum absolute atomic E-state index is 0.208. The predicted octanol–water partition coefficient (Wildman–Crippen LogP) is -1.77. The summed E-state index contributed by atoms with van der Waals surface area (Å²) in [6, 6.07) is 0. The second-order valence-corrected chi connectivity index (χ2v) is 0.961. The maximum atomic E-state index is 9.62. The monoisotopic (exact) mass is 96.0 g/mol. The van der Waals surface area contributed by atoms with Crippen LogP contribution in [0.25, 0.3) is 0 Å². The Hall–Kier alpha value is -1.28. The van der Waals surface area contributed by atoms with Crippen molar-refractivity contribution in [3.05, 3.63) is 5.70 Å². The largest absolute Gasteiger partial charge is 0.326 e. The van der Waals surface area contributed by atoms with E-state index < -0.39 is 0 Å². The van der Waals surface area contributed by atoms with E-state index in [0.717, 1.165) is 0 Å². The molecule has 0 aromatic carbocycles. The average Bonchev–Trinajstić information content (AvgIpc) is 2.14. The summed E-state index contributed by atoms with van der Waals surface area (Å²) >= 11 is 0. The van der Waals surface area contributed by atoms with Crippen LogP contribution in [0.2, 0.25) is 0 Å². The zero-order chi connectivity index (χ0) is 5.11. The quantitative estimate of drug-likeness (QED) is 0.356. The molecule has 1 rings (SSSR count). The highest BCUT2D eigenvalue weighted by atomic mass is 16.1. The van der Waals surface area contributed by atoms with Crippen molar-refractivity contribution < 1.29 is 9.90 Å². The van der Waals surface area contributed by atoms with Gasteiger partial charge in [0.2, 0.25) is 0 Å². The van der Waals surface area contributed by atoms with E-state index in [1.165, 1.54) is 6.21 Å². The summed E-state index contributed by atoms with van der Waals surface area (Å²) in [7, 11) is 0. The van der Waals surface area contributed by atoms with Gasteiger partial charge in [0.15, 0.2) is 12.2 Å². The van der Waals surface area contributed by atoms with Gasteiger partial charge in [-0.25, -0.2) is 4.79 Å². The molecule has 1 heterocycles. The highest BCUT2D eigenvalue weighted by Gasteiger charge is 2.04. The molecular weight excluding hydrogens is 94.1 g/mol. The average molecular weight is 96.1 g/mol. The number of carbonyl (C=O) groups excluding carboxylic acids is 1. The highest BCUT2D eigenvalue weighted by molar-refractivity contribution is 5.85. The van der Waals surface area contributed by atoms with Crippen LogP contribution in [0.15, 0.2) is 16.0 Å². The number of allylic oxidation sites excluding steroid dienone is 1. The van der Waals surface area contributed by atoms with Gasteiger partial charge in [0.05, 0.1) is 5.11 Å². The van der Waals surface area contributed by atoms with E-state index in [-0.39, 0.29) is 5.70 Å². The van der Waals surface area contributed by atoms with Gasteiger partial charge >= 0.3 is 5.70 Å². The maximum Gasteiger partial charge on any atom is 0.326 e. The molecule has 0 radical (unpaired) electrons. The summed E-state index contributed by atoms with van der Waals surface area (Å²) in [4.78, 5) is 9.62. The lowest BCUT2D eigenvalue weighted by Gasteiger charge is -1.48. The number of nitrogens with one attached hydrogen (secondary N) is 1. The second kappa shape index (κ2) is 1.45. The molecule has 0 aliphatic carbocycles. The standard InChI is InChI=1S/C3HN3O/c7-2-3-1-4-6-5-3/h1H/p+1. The van der Waals surface area contributed by atoms with Crippen molar-refractivity contribution in [1.29, 1.82) is 0 Å². The van der Waals surface area contributed by atoms with Crippen LogP contribution in [0.3, 0.4) is 0 Å². The number of nitrogens with zero attached hydrogens (tertiary/aromatic N) is 2. The van der Waals surface area contributed by atoms with Crippen LogP contribution in [-0.4, -0.2) is 12.2 Å². The Kier molecular flexibility index (Phi) is 0.805. The number of hydrogen-bond acceptors (Lipinski definition) is 3. The van der Waals surface area contributed by atoms with Gasteiger partial charge in [-0.05, 0) is 0 Å². The Morgan fingerprint density at radius 1 is 1.86 bits per heavy atom. The van der Waals surface area contributed by atoms with Gasteiger partial charge in [0.25, 0.3) is 0 Å². The molecule has 34 valence electrons. The lowest BCUT2D eigenvalue weighted by Crippen LogP contribution is -2.58. The third kappa shape index (κ3) is 0.586. The van der Waals surface area contributed by atoms with E-state index in [9.17, 15) is 4.79 Å². The predicted molar refractivity (Wildman–Crippen MR) is 21.1 cm³/mol. The number of rotatable bonds is 0. The maximum absolute atomic E-state index is 9.62. The molecule has 0 bridgehead atoms. The zero-order valence-electron chi connectivity index (χ0n) is 3.38. The molecule has 0 spiro atoms. The smallest absolute Gasteiger partial charge is 0.228 e. The fourth-order valence-corrected chi connectivity index (χ4v) is 0.251. The molecule has 0 amide bonds. The third-order valence-corrected chi connectivity index (χ3v) is 0.521. The normalized spacial score (nSPS) is 15.1. The first-order valence-electron chi connectivity index (χ1n) is 1.68. The Labute approximate surface area is 39.2 Å². The van der Waals surface area contributed by atoms with Gasteiger partial charge in [-0.3, -0.25) is 0 Å². The lowest BCUT2D eigenvalue weighted by molar-refractivity contribution is -0.460. The van der Waals surface area contributed by atoms with Gasteiger partial charge in [0, 0.05) is 0 Å². The van der Waals surface area contributed by atoms with E-state index in [2.05, 4.69) is 15.4 Å². The first-order chi connectivity index (χ1) is 3.43. The van der Waals surface area contributed by atoms with Gasteiger partial charge in [-0.2, -0.15) is 0 Å². The van der Waals surface area contributed by atoms with Crippen LogP contribution in [0.4, 0.5) is 0 Å². The molecule has 4 nitrogen and oxygen atoms in total. The van der Waals surface area contributed by atoms with E-state index in [4.69, 9.17) is 0 Å². The third-order valence-electron chi connectivity index (χ3n) is 0.521. The lowest BCUT2D eigenvalue weighted by atomic mass is 10.6. The van der Waals surface area contributed by atoms with E-state index in [1.54, 1.807) is 5.94 Å². The van der Waals surface area contributed by atoms with Crippen molar-refractivity contribution in [3.8, 4) is 0 Å². The van der Waals surface area contributed by atoms with Crippen LogP contribution in [-0.2, 0) is 4.79 Å². The molecule has 4 heteroatoms. The summed E-state index contributed by atoms with van der Waals surface area (Å²) in [6.07, 6.45) is 1.37. The first-order valence-corrected chi connectivity index (χ1v) is 1.68. The molecule has 1 aliphatic heterocycles. The molecule has 0 saturated heterocycles. The molecule has 1 N–H and O–H groups in total. The molecule has 0 aromatic heterocycles. The topological polar surface area (TPSA) is 55.8 Å². The van der Waals surface area contributed by atoms with Crippen LogP contribution in [0, 0.1) is 0 Å². The van der Waals surface area contributed by atoms with Gasteiger partial charge in [-0.15, -0.1) is 5.10 Å². The molecule has 0 saturated carbocycles. The zero-order valence-corrected chi connectivity index (χ0v) is 3.38. The summed E-state index contributed by atoms with van der Waals surface area (Å²) in [5, 5.41) is 8.92. The molecule has 1 aliphatic rings. The molecule has 0 atom stereocenters. The summed E-state index contributed by atoms with van der Waals surface area (Å²) in [5.74, 6) is 1.55. The van der Waals surface area contributed by atoms with Crippen molar-refractivity contribution in [1.82, 2.24) is 0 Å². The van der Waals surface area contributed by atoms with E-state index in [1.807, 2.05) is 0 Å². The molecule has 7 heavy (non-hydrogen) atoms. The SMILES string of the molecule is O=C=C1C=[NH+]N=N1. The van der Waals surface area contributed by atoms with Gasteiger partial charge < -0.3 is 0 Å². The van der Waals surface area contributed by atoms with Gasteiger partial charge in [0.1, 0.15) is 5.22 Å². The molecule has 0 unspecified atom stereocenters. The molecular formula is C3H2N3O+. The minimum atomic E-state index is 0.208. The van der Waals surface area contributed by atoms with Crippen LogP contribution in [0.1, 0.15) is 0 Å². The Bertz CT molecular complexity index is 161. The second-order valence-electron chi connectivity index (χ2n) is 0.961. The summed E-state index contributed by atoms with van der Waals surface area (Å²) < 4.78 is 0. The summed E-state index contributed by atoms with van der Waals surface area (Å²) in [6.45, 7) is 0. The van der Waals surface area contributed by atoms with Crippen LogP contribution >= 0.6 is 0 Å². The summed E-state index contributed by atoms with van der Waals surface area (Å²) in [5.41, 5.74) is 0.208.